The molecule has 0 spiro atoms. The van der Waals surface area contributed by atoms with Crippen LogP contribution >= 0.6 is 0 Å². The Morgan fingerprint density at radius 1 is 1.18 bits per heavy atom. The molecule has 1 aromatic rings. The molecule has 0 aromatic heterocycles. The maximum atomic E-state index is 13.3. The maximum Gasteiger partial charge on any atom is 0.165 e. The van der Waals surface area contributed by atoms with Gasteiger partial charge in [-0.25, -0.2) is 4.39 Å². The summed E-state index contributed by atoms with van der Waals surface area (Å²) < 4.78 is 18.7. The zero-order valence-corrected chi connectivity index (χ0v) is 10.1. The van der Waals surface area contributed by atoms with Crippen molar-refractivity contribution in [2.45, 2.75) is 44.1 Å². The van der Waals surface area contributed by atoms with Crippen molar-refractivity contribution in [2.24, 2.45) is 5.73 Å². The number of hydrogen-bond acceptors (Lipinski definition) is 2. The van der Waals surface area contributed by atoms with Crippen LogP contribution in [0.5, 0.6) is 5.75 Å². The minimum Gasteiger partial charge on any atom is -0.490 e. The van der Waals surface area contributed by atoms with E-state index in [0.717, 1.165) is 19.3 Å². The third-order valence-corrected chi connectivity index (χ3v) is 3.54. The van der Waals surface area contributed by atoms with Crippen LogP contribution in [0.25, 0.3) is 0 Å². The highest BCUT2D eigenvalue weighted by molar-refractivity contribution is 5.23. The Labute approximate surface area is 102 Å². The van der Waals surface area contributed by atoms with E-state index in [1.165, 1.54) is 25.3 Å². The van der Waals surface area contributed by atoms with Crippen LogP contribution in [0.15, 0.2) is 24.3 Å². The Hall–Kier alpha value is -1.09. The number of para-hydroxylation sites is 1. The topological polar surface area (TPSA) is 35.2 Å². The smallest absolute Gasteiger partial charge is 0.165 e. The molecule has 0 bridgehead atoms. The van der Waals surface area contributed by atoms with E-state index in [1.807, 2.05) is 0 Å². The molecule has 0 unspecified atom stereocenters. The zero-order valence-electron chi connectivity index (χ0n) is 10.1. The molecule has 0 saturated heterocycles. The third kappa shape index (κ3) is 3.43. The Bertz CT molecular complexity index is 361. The molecule has 1 saturated carbocycles. The Morgan fingerprint density at radius 2 is 1.88 bits per heavy atom. The molecule has 1 fully saturated rings. The van der Waals surface area contributed by atoms with Crippen molar-refractivity contribution in [1.29, 1.82) is 0 Å². The van der Waals surface area contributed by atoms with Crippen LogP contribution in [-0.4, -0.2) is 12.1 Å². The molecule has 0 atom stereocenters. The summed E-state index contributed by atoms with van der Waals surface area (Å²) in [5, 5.41) is 0. The Kier molecular flexibility index (Phi) is 4.00. The average molecular weight is 237 g/mol. The molecule has 0 aliphatic heterocycles. The summed E-state index contributed by atoms with van der Waals surface area (Å²) in [6, 6.07) is 6.50. The van der Waals surface area contributed by atoms with Gasteiger partial charge in [0, 0.05) is 5.54 Å². The molecule has 0 amide bonds. The fourth-order valence-corrected chi connectivity index (χ4v) is 2.43. The van der Waals surface area contributed by atoms with E-state index in [-0.39, 0.29) is 11.4 Å². The second kappa shape index (κ2) is 5.50. The van der Waals surface area contributed by atoms with Gasteiger partial charge in [-0.1, -0.05) is 31.4 Å². The van der Waals surface area contributed by atoms with Gasteiger partial charge in [-0.05, 0) is 31.4 Å². The number of hydrogen-bond donors (Lipinski definition) is 1. The van der Waals surface area contributed by atoms with Crippen molar-refractivity contribution >= 4 is 0 Å². The van der Waals surface area contributed by atoms with Crippen LogP contribution in [0.1, 0.15) is 38.5 Å². The summed E-state index contributed by atoms with van der Waals surface area (Å²) in [5.74, 6) is 0.0223. The number of ether oxygens (including phenoxy) is 1. The normalized spacial score (nSPS) is 18.9. The first-order chi connectivity index (χ1) is 8.20. The standard InChI is InChI=1S/C14H20FNO/c15-12-6-2-3-7-13(12)17-11-10-14(16)8-4-1-5-9-14/h2-3,6-7H,1,4-5,8-11,16H2. The van der Waals surface area contributed by atoms with Crippen LogP contribution in [0.4, 0.5) is 4.39 Å². The minimum absolute atomic E-state index is 0.0937. The first kappa shape index (κ1) is 12.4. The number of benzene rings is 1. The number of nitrogens with two attached hydrogens (primary N) is 1. The molecule has 2 rings (SSSR count). The van der Waals surface area contributed by atoms with Crippen molar-refractivity contribution in [3.63, 3.8) is 0 Å². The highest BCUT2D eigenvalue weighted by Crippen LogP contribution is 2.28. The predicted octanol–water partition coefficient (Wildman–Crippen LogP) is 3.26. The first-order valence-electron chi connectivity index (χ1n) is 6.36. The molecule has 0 heterocycles. The van der Waals surface area contributed by atoms with Crippen molar-refractivity contribution in [1.82, 2.24) is 0 Å². The molecule has 2 N–H and O–H groups in total. The molecule has 1 aliphatic carbocycles. The van der Waals surface area contributed by atoms with E-state index in [9.17, 15) is 4.39 Å². The third-order valence-electron chi connectivity index (χ3n) is 3.54. The van der Waals surface area contributed by atoms with E-state index >= 15 is 0 Å². The summed E-state index contributed by atoms with van der Waals surface area (Å²) in [5.41, 5.74) is 6.19. The molecule has 0 radical (unpaired) electrons. The van der Waals surface area contributed by atoms with E-state index in [2.05, 4.69) is 0 Å². The van der Waals surface area contributed by atoms with Crippen LogP contribution in [0, 0.1) is 5.82 Å². The zero-order chi connectivity index (χ0) is 12.1. The van der Waals surface area contributed by atoms with E-state index in [1.54, 1.807) is 18.2 Å². The van der Waals surface area contributed by atoms with Gasteiger partial charge in [0.15, 0.2) is 11.6 Å². The van der Waals surface area contributed by atoms with Crippen molar-refractivity contribution in [3.8, 4) is 5.75 Å². The fraction of sp³-hybridized carbons (Fsp3) is 0.571. The van der Waals surface area contributed by atoms with Gasteiger partial charge in [0.25, 0.3) is 0 Å². The first-order valence-corrected chi connectivity index (χ1v) is 6.36. The van der Waals surface area contributed by atoms with Gasteiger partial charge in [-0.2, -0.15) is 0 Å². The lowest BCUT2D eigenvalue weighted by Gasteiger charge is -2.33. The van der Waals surface area contributed by atoms with Crippen LogP contribution < -0.4 is 10.5 Å². The Balaban J connectivity index is 1.81. The number of halogens is 1. The van der Waals surface area contributed by atoms with Gasteiger partial charge in [0.1, 0.15) is 0 Å². The highest BCUT2D eigenvalue weighted by atomic mass is 19.1. The van der Waals surface area contributed by atoms with Crippen molar-refractivity contribution in [2.75, 3.05) is 6.61 Å². The highest BCUT2D eigenvalue weighted by Gasteiger charge is 2.27. The van der Waals surface area contributed by atoms with E-state index in [0.29, 0.717) is 12.4 Å². The molecule has 1 aliphatic rings. The lowest BCUT2D eigenvalue weighted by atomic mass is 9.80. The fourth-order valence-electron chi connectivity index (χ4n) is 2.43. The molecular formula is C14H20FNO. The van der Waals surface area contributed by atoms with E-state index < -0.39 is 0 Å². The lowest BCUT2D eigenvalue weighted by Crippen LogP contribution is -2.42. The summed E-state index contributed by atoms with van der Waals surface area (Å²) in [6.07, 6.45) is 6.63. The van der Waals surface area contributed by atoms with Crippen molar-refractivity contribution in [3.05, 3.63) is 30.1 Å². The minimum atomic E-state index is -0.304. The monoisotopic (exact) mass is 237 g/mol. The average Bonchev–Trinajstić information content (AvgIpc) is 2.32. The van der Waals surface area contributed by atoms with Gasteiger partial charge in [0.05, 0.1) is 6.61 Å². The second-order valence-electron chi connectivity index (χ2n) is 4.95. The largest absolute Gasteiger partial charge is 0.490 e. The molecule has 94 valence electrons. The quantitative estimate of drug-likeness (QED) is 0.872. The van der Waals surface area contributed by atoms with Gasteiger partial charge in [-0.3, -0.25) is 0 Å². The SMILES string of the molecule is NC1(CCOc2ccccc2F)CCCCC1. The van der Waals surface area contributed by atoms with Gasteiger partial charge < -0.3 is 10.5 Å². The summed E-state index contributed by atoms with van der Waals surface area (Å²) in [6.45, 7) is 0.497. The summed E-state index contributed by atoms with van der Waals surface area (Å²) in [4.78, 5) is 0. The second-order valence-corrected chi connectivity index (χ2v) is 4.95. The number of rotatable bonds is 4. The maximum absolute atomic E-state index is 13.3. The van der Waals surface area contributed by atoms with E-state index in [4.69, 9.17) is 10.5 Å². The molecule has 2 nitrogen and oxygen atoms in total. The van der Waals surface area contributed by atoms with Gasteiger partial charge >= 0.3 is 0 Å². The van der Waals surface area contributed by atoms with Crippen LogP contribution in [-0.2, 0) is 0 Å². The van der Waals surface area contributed by atoms with Gasteiger partial charge in [0.2, 0.25) is 0 Å². The molecule has 1 aromatic carbocycles. The summed E-state index contributed by atoms with van der Waals surface area (Å²) in [7, 11) is 0. The van der Waals surface area contributed by atoms with Crippen LogP contribution in [0.2, 0.25) is 0 Å². The summed E-state index contributed by atoms with van der Waals surface area (Å²) >= 11 is 0. The predicted molar refractivity (Wildman–Crippen MR) is 66.5 cm³/mol. The molecular weight excluding hydrogens is 217 g/mol. The molecule has 3 heteroatoms. The molecule has 17 heavy (non-hydrogen) atoms. The lowest BCUT2D eigenvalue weighted by molar-refractivity contribution is 0.210. The van der Waals surface area contributed by atoms with Gasteiger partial charge in [-0.15, -0.1) is 0 Å². The van der Waals surface area contributed by atoms with Crippen molar-refractivity contribution < 1.29 is 9.13 Å². The van der Waals surface area contributed by atoms with Crippen LogP contribution in [0.3, 0.4) is 0 Å². The Morgan fingerprint density at radius 3 is 2.59 bits per heavy atom.